The predicted molar refractivity (Wildman–Crippen MR) is 363 cm³/mol. The third-order valence-electron chi connectivity index (χ3n) is 15.9. The molecule has 33 nitrogen and oxygen atoms in total. The number of hydrogen-bond donors (Lipinski definition) is 6. The Labute approximate surface area is 558 Å². The van der Waals surface area contributed by atoms with E-state index < -0.39 is 22.0 Å². The minimum Gasteiger partial charge on any atom is -0.445 e. The first-order valence-electron chi connectivity index (χ1n) is 31.4. The maximum atomic E-state index is 12.8. The minimum atomic E-state index is -3.28. The molecule has 0 amide bonds. The smallest absolute Gasteiger partial charge is 0.436 e. The molecule has 0 spiro atoms. The van der Waals surface area contributed by atoms with Crippen LogP contribution < -0.4 is 33.2 Å². The number of aryl methyl sites for hydroxylation is 4. The number of aromatic nitrogens is 21. The van der Waals surface area contributed by atoms with Crippen molar-refractivity contribution in [3.8, 4) is 45.4 Å². The van der Waals surface area contributed by atoms with E-state index in [0.29, 0.717) is 115 Å². The van der Waals surface area contributed by atoms with Crippen LogP contribution in [0.2, 0.25) is 0 Å². The van der Waals surface area contributed by atoms with E-state index in [1.54, 1.807) is 114 Å². The molecular formula is C64H67N27O6S. The zero-order valence-electron chi connectivity index (χ0n) is 53.8. The lowest BCUT2D eigenvalue weighted by Gasteiger charge is -2.21. The number of nitrogens with one attached hydrogen (secondary N) is 3. The van der Waals surface area contributed by atoms with Crippen LogP contribution in [0.15, 0.2) is 133 Å². The molecule has 2 fully saturated rings. The van der Waals surface area contributed by atoms with E-state index >= 15 is 0 Å². The number of ether oxygens (including phenoxy) is 2. The highest BCUT2D eigenvalue weighted by Crippen LogP contribution is 2.35. The normalized spacial score (nSPS) is 13.6. The van der Waals surface area contributed by atoms with Gasteiger partial charge in [-0.15, -0.1) is 9.78 Å². The van der Waals surface area contributed by atoms with Crippen molar-refractivity contribution < 1.29 is 27.5 Å². The number of sulfone groups is 1. The molecule has 98 heavy (non-hydrogen) atoms. The van der Waals surface area contributed by atoms with Gasteiger partial charge in [-0.3, -0.25) is 9.08 Å². The molecule has 0 bridgehead atoms. The van der Waals surface area contributed by atoms with Crippen molar-refractivity contribution in [2.24, 2.45) is 7.05 Å². The van der Waals surface area contributed by atoms with Gasteiger partial charge in [0.25, 0.3) is 0 Å². The van der Waals surface area contributed by atoms with Gasteiger partial charge in [0.05, 0.1) is 22.5 Å². The van der Waals surface area contributed by atoms with Crippen molar-refractivity contribution >= 4 is 91.5 Å². The summed E-state index contributed by atoms with van der Waals surface area (Å²) in [6, 6.07) is 26.3. The topological polar surface area (TPSA) is 422 Å². The zero-order valence-corrected chi connectivity index (χ0v) is 54.6. The minimum absolute atomic E-state index is 0.0422. The fraction of sp³-hybridized carbons (Fsp3) is 0.266. The van der Waals surface area contributed by atoms with Crippen molar-refractivity contribution in [3.63, 3.8) is 0 Å². The SMILES string of the molecule is Cc1nc(N)cc(-c2c(Nc3ccn(C(=O)OC4CCCCC4)n3)nc3cccnn23)n1.Cc1nc(N)cc(-c2c(Nc3ccnn3C(=O)OC3CCCCC3)nc3cccnn23)n1.Cc1nc(N)nc(-c2c(Nc3ccn(C)n3)nc3ccc(-c4ccc(S(C)(=O)=O)cc4)cn23)n1. The molecule has 0 radical (unpaired) electrons. The molecule has 15 rings (SSSR count). The van der Waals surface area contributed by atoms with Gasteiger partial charge in [0, 0.05) is 74.6 Å². The molecule has 2 saturated carbocycles. The fourth-order valence-electron chi connectivity index (χ4n) is 11.5. The third kappa shape index (κ3) is 14.5. The van der Waals surface area contributed by atoms with Crippen molar-refractivity contribution in [1.82, 2.24) is 103 Å². The molecule has 2 aliphatic carbocycles. The summed E-state index contributed by atoms with van der Waals surface area (Å²) in [5.74, 6) is 5.61. The molecule has 0 saturated heterocycles. The van der Waals surface area contributed by atoms with Gasteiger partial charge in [0.1, 0.15) is 69.9 Å². The quantitative estimate of drug-likeness (QED) is 0.0625. The second kappa shape index (κ2) is 27.5. The van der Waals surface area contributed by atoms with E-state index in [9.17, 15) is 18.0 Å². The number of nitrogens with zero attached hydrogens (tertiary/aromatic N) is 21. The standard InChI is InChI=1S/C22H21N9O2S.2C21H23N9O2/c1-13-24-20(28-22(23)25-13)19-21(26-17-10-11-30(2)29-17)27-18-9-6-15(12-31(18)19)14-4-7-16(8-5-14)34(3,32)33;1-13-24-15(12-16(22)25-13)19-20(27-18-8-5-10-23-30(18)19)26-17-9-11-29(28-17)21(31)32-14-6-3-2-4-7-14;1-13-25-15(12-16(22)26-13)19-20(27-17-8-5-10-23-29(17)19)28-18-9-11-24-30(18)21(31)32-14-6-3-2-4-7-14/h4-12H,1-3H3,(H,26,29)(H2,23,24,25,28);5,8-12,14H,2-4,6-7H2,1H3,(H,26,28)(H2,22,24,25);5,8-12,14,28H,2-4,6-7H2,1H3,(H2,22,25,26). The van der Waals surface area contributed by atoms with E-state index in [-0.39, 0.29) is 23.1 Å². The number of pyridine rings is 1. The van der Waals surface area contributed by atoms with Gasteiger partial charge in [-0.05, 0) is 132 Å². The lowest BCUT2D eigenvalue weighted by molar-refractivity contribution is 0.0736. The van der Waals surface area contributed by atoms with Gasteiger partial charge in [-0.25, -0.2) is 66.9 Å². The third-order valence-corrected chi connectivity index (χ3v) is 17.0. The van der Waals surface area contributed by atoms with Gasteiger partial charge in [-0.2, -0.15) is 35.0 Å². The molecule has 1 aromatic carbocycles. The summed E-state index contributed by atoms with van der Waals surface area (Å²) < 4.78 is 44.1. The number of fused-ring (bicyclic) bond motifs is 3. The van der Waals surface area contributed by atoms with E-state index in [1.165, 1.54) is 34.7 Å². The van der Waals surface area contributed by atoms with Crippen molar-refractivity contribution in [3.05, 3.63) is 146 Å². The van der Waals surface area contributed by atoms with E-state index in [0.717, 1.165) is 62.5 Å². The number of nitrogen functional groups attached to an aromatic ring is 3. The summed E-state index contributed by atoms with van der Waals surface area (Å²) in [6.07, 6.45) is 20.4. The predicted octanol–water partition coefficient (Wildman–Crippen LogP) is 9.29. The Morgan fingerprint density at radius 1 is 0.531 bits per heavy atom. The largest absolute Gasteiger partial charge is 0.445 e. The molecule has 12 aromatic heterocycles. The van der Waals surface area contributed by atoms with Crippen LogP contribution in [0.1, 0.15) is 81.7 Å². The summed E-state index contributed by atoms with van der Waals surface area (Å²) in [5.41, 5.74) is 24.3. The Balaban J connectivity index is 0.000000132. The van der Waals surface area contributed by atoms with Crippen LogP contribution in [0, 0.1) is 20.8 Å². The molecule has 34 heteroatoms. The Bertz CT molecular complexity index is 5140. The maximum absolute atomic E-state index is 12.8. The fourth-order valence-corrected chi connectivity index (χ4v) is 12.1. The van der Waals surface area contributed by atoms with Crippen LogP contribution in [0.25, 0.3) is 62.4 Å². The van der Waals surface area contributed by atoms with Gasteiger partial charge < -0.3 is 42.6 Å². The van der Waals surface area contributed by atoms with Crippen LogP contribution in [0.4, 0.5) is 62.1 Å². The molecule has 9 N–H and O–H groups in total. The maximum Gasteiger partial charge on any atom is 0.436 e. The number of rotatable bonds is 13. The van der Waals surface area contributed by atoms with Crippen LogP contribution in [0.5, 0.6) is 0 Å². The lowest BCUT2D eigenvalue weighted by atomic mass is 9.98. The first kappa shape index (κ1) is 64.4. The van der Waals surface area contributed by atoms with Gasteiger partial charge in [-0.1, -0.05) is 25.0 Å². The number of benzene rings is 1. The van der Waals surface area contributed by atoms with Crippen molar-refractivity contribution in [2.75, 3.05) is 39.4 Å². The van der Waals surface area contributed by atoms with Crippen LogP contribution >= 0.6 is 0 Å². The Morgan fingerprint density at radius 2 is 1.07 bits per heavy atom. The Kier molecular flexibility index (Phi) is 18.1. The second-order valence-electron chi connectivity index (χ2n) is 23.3. The van der Waals surface area contributed by atoms with Crippen molar-refractivity contribution in [1.29, 1.82) is 0 Å². The van der Waals surface area contributed by atoms with Crippen LogP contribution in [-0.4, -0.2) is 142 Å². The average molecular weight is 1340 g/mol. The molecule has 0 unspecified atom stereocenters. The highest BCUT2D eigenvalue weighted by Gasteiger charge is 2.26. The van der Waals surface area contributed by atoms with E-state index in [1.807, 2.05) is 54.2 Å². The molecular weight excluding hydrogens is 1270 g/mol. The zero-order chi connectivity index (χ0) is 68.2. The summed E-state index contributed by atoms with van der Waals surface area (Å²) in [7, 11) is -1.45. The van der Waals surface area contributed by atoms with Gasteiger partial charge in [0.2, 0.25) is 5.95 Å². The highest BCUT2D eigenvalue weighted by molar-refractivity contribution is 7.90. The van der Waals surface area contributed by atoms with E-state index in [2.05, 4.69) is 86.3 Å². The van der Waals surface area contributed by atoms with Crippen molar-refractivity contribution in [2.45, 2.75) is 102 Å². The first-order valence-corrected chi connectivity index (χ1v) is 33.3. The molecule has 0 aliphatic heterocycles. The average Bonchev–Trinajstić information content (AvgIpc) is 1.62. The summed E-state index contributed by atoms with van der Waals surface area (Å²) in [5, 5.41) is 31.2. The van der Waals surface area contributed by atoms with Gasteiger partial charge in [0.15, 0.2) is 56.0 Å². The molecule has 500 valence electrons. The Morgan fingerprint density at radius 3 is 1.64 bits per heavy atom. The molecule has 13 aromatic rings. The number of anilines is 9. The molecule has 12 heterocycles. The Hall–Kier alpha value is -12.4. The number of hydrogen-bond acceptors (Lipinski definition) is 27. The number of carbonyl (C=O) groups excluding carboxylic acids is 2. The summed E-state index contributed by atoms with van der Waals surface area (Å²) >= 11 is 0. The summed E-state index contributed by atoms with van der Waals surface area (Å²) in [6.45, 7) is 5.27. The number of imidazole rings is 3. The van der Waals surface area contributed by atoms with Gasteiger partial charge >= 0.3 is 12.2 Å². The highest BCUT2D eigenvalue weighted by atomic mass is 32.2. The van der Waals surface area contributed by atoms with Crippen LogP contribution in [-0.2, 0) is 26.4 Å². The number of nitrogens with two attached hydrogens (primary N) is 3. The van der Waals surface area contributed by atoms with Crippen LogP contribution in [0.3, 0.4) is 0 Å². The monoisotopic (exact) mass is 1340 g/mol. The first-order chi connectivity index (χ1) is 47.3. The number of carbonyl (C=O) groups is 2. The second-order valence-corrected chi connectivity index (χ2v) is 25.3. The van der Waals surface area contributed by atoms with E-state index in [4.69, 9.17) is 31.7 Å². The summed E-state index contributed by atoms with van der Waals surface area (Å²) in [4.78, 5) is 69.6. The lowest BCUT2D eigenvalue weighted by Crippen LogP contribution is -2.25. The molecule has 0 atom stereocenters. The molecule has 2 aliphatic rings.